The van der Waals surface area contributed by atoms with E-state index in [1.807, 2.05) is 0 Å². The molecule has 1 rings (SSSR count). The molecule has 0 amide bonds. The molecule has 0 aliphatic carbocycles. The van der Waals surface area contributed by atoms with Crippen LogP contribution in [0, 0.1) is 11.3 Å². The summed E-state index contributed by atoms with van der Waals surface area (Å²) in [5.74, 6) is -1.27. The highest BCUT2D eigenvalue weighted by Crippen LogP contribution is 2.31. The molecule has 1 aromatic rings. The monoisotopic (exact) mass is 275 g/mol. The Kier molecular flexibility index (Phi) is 3.37. The van der Waals surface area contributed by atoms with Gasteiger partial charge in [0.1, 0.15) is 0 Å². The molecule has 1 N–H and O–H groups in total. The molecular weight excluding hydrogens is 272 g/mol. The van der Waals surface area contributed by atoms with Gasteiger partial charge in [-0.15, -0.1) is 0 Å². The lowest BCUT2D eigenvalue weighted by Gasteiger charge is -2.06. The Balaban J connectivity index is 3.46. The van der Waals surface area contributed by atoms with Crippen molar-refractivity contribution in [3.63, 3.8) is 0 Å². The number of aromatic carboxylic acids is 1. The number of nitrogens with zero attached hydrogens (tertiary/aromatic N) is 1. The summed E-state index contributed by atoms with van der Waals surface area (Å²) in [6.07, 6.45) is -2.82. The van der Waals surface area contributed by atoms with Gasteiger partial charge in [-0.05, 0) is 12.1 Å². The first-order chi connectivity index (χ1) is 6.97. The maximum Gasteiger partial charge on any atom is 0.335 e. The Morgan fingerprint density at radius 3 is 2.53 bits per heavy atom. The van der Waals surface area contributed by atoms with Crippen LogP contribution in [0.15, 0.2) is 16.6 Å². The minimum atomic E-state index is -2.82. The Labute approximate surface area is 92.1 Å². The SMILES string of the molecule is N#Cc1cc(C(=O)O)cc(Br)c1C(F)F. The highest BCUT2D eigenvalue weighted by Gasteiger charge is 2.19. The van der Waals surface area contributed by atoms with Crippen molar-refractivity contribution in [1.29, 1.82) is 5.26 Å². The third kappa shape index (κ3) is 2.30. The number of halogens is 3. The molecule has 0 atom stereocenters. The van der Waals surface area contributed by atoms with Crippen LogP contribution in [0.2, 0.25) is 0 Å². The van der Waals surface area contributed by atoms with E-state index < -0.39 is 18.0 Å². The van der Waals surface area contributed by atoms with Crippen molar-refractivity contribution < 1.29 is 18.7 Å². The van der Waals surface area contributed by atoms with Gasteiger partial charge in [-0.25, -0.2) is 13.6 Å². The zero-order valence-electron chi connectivity index (χ0n) is 7.17. The van der Waals surface area contributed by atoms with Gasteiger partial charge in [0.25, 0.3) is 6.43 Å². The molecule has 0 saturated heterocycles. The maximum atomic E-state index is 12.5. The normalized spacial score (nSPS) is 10.1. The van der Waals surface area contributed by atoms with Crippen molar-refractivity contribution >= 4 is 21.9 Å². The molecule has 3 nitrogen and oxygen atoms in total. The van der Waals surface area contributed by atoms with E-state index in [-0.39, 0.29) is 15.6 Å². The quantitative estimate of drug-likeness (QED) is 0.903. The first-order valence-corrected chi connectivity index (χ1v) is 4.51. The average Bonchev–Trinajstić information content (AvgIpc) is 2.15. The zero-order chi connectivity index (χ0) is 11.6. The second-order valence-electron chi connectivity index (χ2n) is 2.64. The second kappa shape index (κ2) is 4.36. The number of rotatable bonds is 2. The maximum absolute atomic E-state index is 12.5. The van der Waals surface area contributed by atoms with Crippen molar-refractivity contribution in [2.24, 2.45) is 0 Å². The fourth-order valence-electron chi connectivity index (χ4n) is 1.06. The minimum Gasteiger partial charge on any atom is -0.478 e. The molecule has 78 valence electrons. The molecule has 1 aromatic carbocycles. The number of carboxylic acid groups (broad SMARTS) is 1. The Morgan fingerprint density at radius 1 is 1.53 bits per heavy atom. The number of nitriles is 1. The molecule has 0 aromatic heterocycles. The van der Waals surface area contributed by atoms with Crippen LogP contribution in [0.25, 0.3) is 0 Å². The first kappa shape index (κ1) is 11.6. The van der Waals surface area contributed by atoms with Crippen LogP contribution in [0.4, 0.5) is 8.78 Å². The lowest BCUT2D eigenvalue weighted by Crippen LogP contribution is -2.01. The number of carboxylic acids is 1. The minimum absolute atomic E-state index is 0.0750. The largest absolute Gasteiger partial charge is 0.478 e. The molecule has 0 radical (unpaired) electrons. The smallest absolute Gasteiger partial charge is 0.335 e. The Hall–Kier alpha value is -1.48. The molecule has 0 unspecified atom stereocenters. The lowest BCUT2D eigenvalue weighted by atomic mass is 10.1. The average molecular weight is 276 g/mol. The van der Waals surface area contributed by atoms with Gasteiger partial charge in [0.2, 0.25) is 0 Å². The van der Waals surface area contributed by atoms with Gasteiger partial charge < -0.3 is 5.11 Å². The number of hydrogen-bond acceptors (Lipinski definition) is 2. The van der Waals surface area contributed by atoms with Crippen LogP contribution >= 0.6 is 15.9 Å². The summed E-state index contributed by atoms with van der Waals surface area (Å²) >= 11 is 2.81. The molecule has 0 aliphatic heterocycles. The summed E-state index contributed by atoms with van der Waals surface area (Å²) in [5.41, 5.74) is -1.03. The molecule has 0 fully saturated rings. The van der Waals surface area contributed by atoms with E-state index in [0.29, 0.717) is 0 Å². The fraction of sp³-hybridized carbons (Fsp3) is 0.111. The van der Waals surface area contributed by atoms with Crippen molar-refractivity contribution in [3.05, 3.63) is 33.3 Å². The summed E-state index contributed by atoms with van der Waals surface area (Å²) in [4.78, 5) is 10.6. The topological polar surface area (TPSA) is 61.1 Å². The van der Waals surface area contributed by atoms with Crippen molar-refractivity contribution in [2.45, 2.75) is 6.43 Å². The summed E-state index contributed by atoms with van der Waals surface area (Å²) in [6, 6.07) is 3.51. The molecule has 0 bridgehead atoms. The van der Waals surface area contributed by atoms with Gasteiger partial charge >= 0.3 is 5.97 Å². The molecule has 0 spiro atoms. The number of hydrogen-bond donors (Lipinski definition) is 1. The van der Waals surface area contributed by atoms with Gasteiger partial charge in [-0.3, -0.25) is 0 Å². The van der Waals surface area contributed by atoms with Gasteiger partial charge in [0, 0.05) is 10.0 Å². The highest BCUT2D eigenvalue weighted by molar-refractivity contribution is 9.10. The van der Waals surface area contributed by atoms with E-state index in [1.54, 1.807) is 0 Å². The summed E-state index contributed by atoms with van der Waals surface area (Å²) in [7, 11) is 0. The number of alkyl halides is 2. The lowest BCUT2D eigenvalue weighted by molar-refractivity contribution is 0.0696. The third-order valence-corrected chi connectivity index (χ3v) is 2.37. The van der Waals surface area contributed by atoms with Gasteiger partial charge in [0.05, 0.1) is 17.2 Å². The standard InChI is InChI=1S/C9H4BrF2NO2/c10-6-2-4(9(14)15)1-5(3-13)7(6)8(11)12/h1-2,8H,(H,14,15). The second-order valence-corrected chi connectivity index (χ2v) is 3.49. The van der Waals surface area contributed by atoms with Crippen molar-refractivity contribution in [3.8, 4) is 6.07 Å². The zero-order valence-corrected chi connectivity index (χ0v) is 8.75. The highest BCUT2D eigenvalue weighted by atomic mass is 79.9. The summed E-state index contributed by atoms with van der Waals surface area (Å²) in [5, 5.41) is 17.2. The van der Waals surface area contributed by atoms with E-state index in [4.69, 9.17) is 10.4 Å². The van der Waals surface area contributed by atoms with Crippen LogP contribution in [-0.2, 0) is 0 Å². The molecule has 0 saturated carbocycles. The van der Waals surface area contributed by atoms with Gasteiger partial charge in [-0.2, -0.15) is 5.26 Å². The van der Waals surface area contributed by atoms with Crippen molar-refractivity contribution in [2.75, 3.05) is 0 Å². The van der Waals surface area contributed by atoms with Crippen LogP contribution in [0.1, 0.15) is 27.9 Å². The Morgan fingerprint density at radius 2 is 2.13 bits per heavy atom. The van der Waals surface area contributed by atoms with Crippen LogP contribution in [0.3, 0.4) is 0 Å². The predicted molar refractivity (Wildman–Crippen MR) is 50.8 cm³/mol. The van der Waals surface area contributed by atoms with E-state index in [9.17, 15) is 13.6 Å². The third-order valence-electron chi connectivity index (χ3n) is 1.72. The van der Waals surface area contributed by atoms with Crippen molar-refractivity contribution in [1.82, 2.24) is 0 Å². The molecule has 6 heteroatoms. The molecule has 15 heavy (non-hydrogen) atoms. The van der Waals surface area contributed by atoms with Crippen LogP contribution in [0.5, 0.6) is 0 Å². The summed E-state index contributed by atoms with van der Waals surface area (Å²) < 4.78 is 24.9. The van der Waals surface area contributed by atoms with Crippen LogP contribution in [-0.4, -0.2) is 11.1 Å². The molecule has 0 aliphatic rings. The first-order valence-electron chi connectivity index (χ1n) is 3.72. The number of carbonyl (C=O) groups is 1. The van der Waals surface area contributed by atoms with Gasteiger partial charge in [-0.1, -0.05) is 15.9 Å². The Bertz CT molecular complexity index is 454. The van der Waals surface area contributed by atoms with E-state index in [1.165, 1.54) is 6.07 Å². The van der Waals surface area contributed by atoms with E-state index >= 15 is 0 Å². The van der Waals surface area contributed by atoms with Crippen LogP contribution < -0.4 is 0 Å². The van der Waals surface area contributed by atoms with Gasteiger partial charge in [0.15, 0.2) is 0 Å². The van der Waals surface area contributed by atoms with E-state index in [2.05, 4.69) is 15.9 Å². The fourth-order valence-corrected chi connectivity index (χ4v) is 1.69. The predicted octanol–water partition coefficient (Wildman–Crippen LogP) is 2.96. The summed E-state index contributed by atoms with van der Waals surface area (Å²) in [6.45, 7) is 0. The number of benzene rings is 1. The van der Waals surface area contributed by atoms with E-state index in [0.717, 1.165) is 12.1 Å². The molecular formula is C9H4BrF2NO2. The molecule has 0 heterocycles.